The number of carbonyl (C=O) groups is 2. The van der Waals surface area contributed by atoms with Crippen molar-refractivity contribution in [3.8, 4) is 11.8 Å². The number of aryl methyl sites for hydroxylation is 2. The zero-order valence-electron chi connectivity index (χ0n) is 46.0. The van der Waals surface area contributed by atoms with Gasteiger partial charge in [-0.1, -0.05) is 54.4 Å². The minimum absolute atomic E-state index is 0. The molecule has 1 aliphatic carbocycles. The van der Waals surface area contributed by atoms with E-state index in [0.29, 0.717) is 70.3 Å². The van der Waals surface area contributed by atoms with Crippen LogP contribution in [0.4, 0.5) is 17.2 Å². The fourth-order valence-electron chi connectivity index (χ4n) is 10.3. The summed E-state index contributed by atoms with van der Waals surface area (Å²) in [6, 6.07) is 23.6. The molecule has 3 aliphatic heterocycles. The second-order valence-corrected chi connectivity index (χ2v) is 25.7. The highest BCUT2D eigenvalue weighted by atomic mass is 35.5. The fraction of sp³-hybridized carbons (Fsp3) is 0.379. The van der Waals surface area contributed by atoms with Crippen LogP contribution in [-0.4, -0.2) is 129 Å². The first kappa shape index (κ1) is 61.3. The number of ether oxygens (including phenoxy) is 2. The van der Waals surface area contributed by atoms with E-state index in [4.69, 9.17) is 54.4 Å². The predicted octanol–water partition coefficient (Wildman–Crippen LogP) is 10.8. The Hall–Kier alpha value is -7.31. The third-order valence-corrected chi connectivity index (χ3v) is 16.5. The molecule has 4 aliphatic rings. The number of rotatable bonds is 13. The van der Waals surface area contributed by atoms with E-state index in [0.717, 1.165) is 79.6 Å². The maximum absolute atomic E-state index is 13.8. The molecule has 4 fully saturated rings. The van der Waals surface area contributed by atoms with E-state index >= 15 is 0 Å². The highest BCUT2D eigenvalue weighted by Gasteiger charge is 2.36. The summed E-state index contributed by atoms with van der Waals surface area (Å²) in [6.07, 6.45) is 18.5. The molecule has 444 valence electrons. The van der Waals surface area contributed by atoms with Gasteiger partial charge in [0.2, 0.25) is 31.8 Å². The largest absolute Gasteiger partial charge is 0.474 e. The van der Waals surface area contributed by atoms with Gasteiger partial charge in [-0.2, -0.15) is 10.2 Å². The molecule has 0 radical (unpaired) electrons. The normalized spacial score (nSPS) is 17.3. The Labute approximate surface area is 503 Å². The molecule has 3 saturated heterocycles. The molecule has 9 heterocycles. The third kappa shape index (κ3) is 15.0. The molecule has 84 heavy (non-hydrogen) atoms. The van der Waals surface area contributed by atoms with E-state index in [2.05, 4.69) is 34.4 Å². The van der Waals surface area contributed by atoms with Crippen molar-refractivity contribution in [2.75, 3.05) is 53.0 Å². The summed E-state index contributed by atoms with van der Waals surface area (Å²) in [5, 5.41) is 10.5. The van der Waals surface area contributed by atoms with E-state index < -0.39 is 20.0 Å². The zero-order valence-corrected chi connectivity index (χ0v) is 49.9. The summed E-state index contributed by atoms with van der Waals surface area (Å²) in [4.78, 5) is 50.6. The summed E-state index contributed by atoms with van der Waals surface area (Å²) in [5.74, 6) is 1.64. The van der Waals surface area contributed by atoms with Crippen LogP contribution >= 0.6 is 34.8 Å². The highest BCUT2D eigenvalue weighted by molar-refractivity contribution is 7.92. The molecule has 2 atom stereocenters. The number of carbonyl (C=O) groups excluding carboxylic acids is 2. The Morgan fingerprint density at radius 2 is 1.06 bits per heavy atom. The number of hydrogen-bond donors (Lipinski definition) is 2. The minimum atomic E-state index is -3.59. The molecule has 8 aromatic rings. The summed E-state index contributed by atoms with van der Waals surface area (Å²) >= 11 is 18.5. The number of hydrogen-bond acceptors (Lipinski definition) is 15. The number of halogens is 3. The van der Waals surface area contributed by atoms with Crippen LogP contribution in [0.25, 0.3) is 11.3 Å². The van der Waals surface area contributed by atoms with Crippen LogP contribution in [0.15, 0.2) is 110 Å². The first-order valence-electron chi connectivity index (χ1n) is 27.2. The first-order chi connectivity index (χ1) is 39.7. The first-order valence-corrected chi connectivity index (χ1v) is 32.1. The van der Waals surface area contributed by atoms with E-state index in [-0.39, 0.29) is 59.9 Å². The Morgan fingerprint density at radius 1 is 0.583 bits per heavy atom. The number of anilines is 3. The van der Waals surface area contributed by atoms with Crippen LogP contribution in [0.1, 0.15) is 121 Å². The van der Waals surface area contributed by atoms with Gasteiger partial charge in [0.1, 0.15) is 23.2 Å². The number of nitrogens with one attached hydrogen (secondary N) is 2. The topological polar surface area (TPSA) is 241 Å². The van der Waals surface area contributed by atoms with Gasteiger partial charge in [0.25, 0.3) is 11.8 Å². The number of pyridine rings is 2. The number of nitrogens with zero attached hydrogens (tertiary/aromatic N) is 11. The molecule has 0 spiro atoms. The lowest BCUT2D eigenvalue weighted by Crippen LogP contribution is -2.54. The molecule has 1 saturated carbocycles. The van der Waals surface area contributed by atoms with E-state index in [1.807, 2.05) is 68.6 Å². The van der Waals surface area contributed by atoms with Crippen LogP contribution < -0.4 is 23.8 Å². The van der Waals surface area contributed by atoms with E-state index in [9.17, 15) is 26.4 Å². The standard InChI is InChI=1S/C28H30ClN7O4S.C20H21Cl2N5O3S.C9H11NO.CH4/c1-18-15-36-25(31-27(18)34-16-20(17-34)40-26-8-3-5-11-30-26)14-23(32-36)24-7-4-6-12-35(24)28(37)21-13-19(29)9-10-22(21)33-41(2,38)39;1-12-11-27-18(23-19(12)22)10-16(24-27)17-5-3-4-8-26(17)20(28)14-9-13(21)6-7-15(14)25-31(2,29)30;1-2-7-10-9(6-1)11-8-4-3-5-8;/h3,5,8-11,13-15,20,24,33H,4,6-7,12,16-17H2,1-2H3;6-7,9-11,17,25H,3-5,8H2,1-2H3;1-2,6-8H,3-5H2;1H4/t24-;17-;;/m00../s1. The van der Waals surface area contributed by atoms with Gasteiger partial charge in [-0.25, -0.2) is 45.8 Å². The van der Waals surface area contributed by atoms with Gasteiger partial charge in [-0.15, -0.1) is 0 Å². The Balaban J connectivity index is 0.000000173. The lowest BCUT2D eigenvalue weighted by atomic mass is 9.96. The number of aromatic nitrogens is 8. The number of benzene rings is 2. The van der Waals surface area contributed by atoms with Crippen molar-refractivity contribution >= 4 is 95.2 Å². The SMILES string of the molecule is C.Cc1cn2nc([C@@H]3CCCCN3C(=O)c3cc(Cl)ccc3NS(C)(=O)=O)cc2nc1Cl.Cc1cn2nc([C@@H]3CCCCN3C(=O)c3cc(Cl)ccc3NS(C)(=O)=O)cc2nc1N1CC(Oc2ccccn2)C1.c1ccc(OC2CCC2)nc1. The van der Waals surface area contributed by atoms with Gasteiger partial charge in [0.05, 0.1) is 71.6 Å². The van der Waals surface area contributed by atoms with Gasteiger partial charge in [0, 0.05) is 83.3 Å². The average molecular weight is 1240 g/mol. The van der Waals surface area contributed by atoms with Gasteiger partial charge in [-0.3, -0.25) is 19.0 Å². The number of fused-ring (bicyclic) bond motifs is 2. The van der Waals surface area contributed by atoms with Crippen molar-refractivity contribution in [2.24, 2.45) is 0 Å². The Bertz CT molecular complexity index is 3850. The summed E-state index contributed by atoms with van der Waals surface area (Å²) in [6.45, 7) is 6.30. The van der Waals surface area contributed by atoms with Gasteiger partial charge < -0.3 is 24.2 Å². The number of amides is 2. The van der Waals surface area contributed by atoms with Crippen LogP contribution in [0.3, 0.4) is 0 Å². The molecule has 2 aromatic carbocycles. The van der Waals surface area contributed by atoms with Crippen molar-refractivity contribution < 1.29 is 35.9 Å². The third-order valence-electron chi connectivity index (χ3n) is 14.5. The lowest BCUT2D eigenvalue weighted by Gasteiger charge is -2.40. The smallest absolute Gasteiger partial charge is 0.256 e. The molecule has 2 N–H and O–H groups in total. The van der Waals surface area contributed by atoms with Gasteiger partial charge in [-0.05, 0) is 120 Å². The van der Waals surface area contributed by atoms with Crippen LogP contribution in [-0.2, 0) is 20.0 Å². The van der Waals surface area contributed by atoms with Crippen molar-refractivity contribution in [1.82, 2.24) is 49.0 Å². The van der Waals surface area contributed by atoms with Crippen LogP contribution in [0.5, 0.6) is 11.8 Å². The second-order valence-electron chi connectivity index (χ2n) is 21.0. The molecule has 0 bridgehead atoms. The molecule has 2 amide bonds. The van der Waals surface area contributed by atoms with Crippen molar-refractivity contribution in [3.05, 3.63) is 159 Å². The van der Waals surface area contributed by atoms with E-state index in [1.165, 1.54) is 43.5 Å². The van der Waals surface area contributed by atoms with Crippen molar-refractivity contribution in [1.29, 1.82) is 0 Å². The molecule has 12 rings (SSSR count). The zero-order chi connectivity index (χ0) is 58.6. The molecule has 0 unspecified atom stereocenters. The molecule has 21 nitrogen and oxygen atoms in total. The number of sulfonamides is 2. The minimum Gasteiger partial charge on any atom is -0.474 e. The Morgan fingerprint density at radius 3 is 1.51 bits per heavy atom. The molecule has 6 aromatic heterocycles. The Kier molecular flexibility index (Phi) is 19.2. The van der Waals surface area contributed by atoms with Crippen LogP contribution in [0.2, 0.25) is 15.2 Å². The van der Waals surface area contributed by atoms with Crippen molar-refractivity contribution in [3.63, 3.8) is 0 Å². The average Bonchev–Trinajstić information content (AvgIpc) is 2.57. The highest BCUT2D eigenvalue weighted by Crippen LogP contribution is 2.37. The molecular weight excluding hydrogens is 1180 g/mol. The molecular formula is C58H66Cl3N13O8S2. The fourth-order valence-corrected chi connectivity index (χ4v) is 11.9. The lowest BCUT2D eigenvalue weighted by molar-refractivity contribution is 0.0600. The van der Waals surface area contributed by atoms with Crippen molar-refractivity contribution in [2.45, 2.75) is 103 Å². The summed E-state index contributed by atoms with van der Waals surface area (Å²) in [7, 11) is -7.16. The maximum Gasteiger partial charge on any atom is 0.256 e. The van der Waals surface area contributed by atoms with Gasteiger partial charge >= 0.3 is 0 Å². The number of likely N-dealkylation sites (tertiary alicyclic amines) is 2. The maximum atomic E-state index is 13.8. The van der Waals surface area contributed by atoms with Crippen LogP contribution in [0, 0.1) is 13.8 Å². The quantitative estimate of drug-likeness (QED) is 0.102. The second kappa shape index (κ2) is 26.3. The number of piperidine rings is 2. The summed E-state index contributed by atoms with van der Waals surface area (Å²) in [5.41, 5.74) is 5.32. The predicted molar refractivity (Wildman–Crippen MR) is 326 cm³/mol. The monoisotopic (exact) mass is 1240 g/mol. The molecule has 26 heteroatoms. The van der Waals surface area contributed by atoms with E-state index in [1.54, 1.807) is 49.6 Å². The summed E-state index contributed by atoms with van der Waals surface area (Å²) < 4.78 is 67.2. The van der Waals surface area contributed by atoms with Gasteiger partial charge in [0.15, 0.2) is 11.3 Å².